The molecule has 1 rings (SSSR count). The lowest BCUT2D eigenvalue weighted by molar-refractivity contribution is -0.141. The molecule has 0 bridgehead atoms. The summed E-state index contributed by atoms with van der Waals surface area (Å²) in [6.45, 7) is 4.55. The fraction of sp³-hybridized carbons (Fsp3) is 0.538. The van der Waals surface area contributed by atoms with Crippen LogP contribution in [0.2, 0.25) is 0 Å². The van der Waals surface area contributed by atoms with Gasteiger partial charge in [-0.3, -0.25) is 4.79 Å². The summed E-state index contributed by atoms with van der Waals surface area (Å²) >= 11 is 0. The van der Waals surface area contributed by atoms with Gasteiger partial charge in [-0.15, -0.1) is 0 Å². The van der Waals surface area contributed by atoms with E-state index in [0.717, 1.165) is 0 Å². The number of carbonyl (C=O) groups is 2. The maximum absolute atomic E-state index is 12.2. The highest BCUT2D eigenvalue weighted by Gasteiger charge is 2.21. The molecule has 1 unspecified atom stereocenters. The zero-order chi connectivity index (χ0) is 14.4. The Hall–Kier alpha value is -1.98. The molecule has 1 N–H and O–H groups in total. The van der Waals surface area contributed by atoms with Gasteiger partial charge in [-0.1, -0.05) is 6.92 Å². The lowest BCUT2D eigenvalue weighted by atomic mass is 10.2. The first-order valence-corrected chi connectivity index (χ1v) is 6.21. The Labute approximate surface area is 112 Å². The summed E-state index contributed by atoms with van der Waals surface area (Å²) in [5.74, 6) is -0.792. The van der Waals surface area contributed by atoms with Crippen molar-refractivity contribution in [1.82, 2.24) is 9.80 Å². The van der Waals surface area contributed by atoms with Crippen molar-refractivity contribution >= 4 is 12.0 Å². The Kier molecular flexibility index (Phi) is 5.41. The van der Waals surface area contributed by atoms with Crippen LogP contribution >= 0.6 is 0 Å². The van der Waals surface area contributed by atoms with E-state index in [1.807, 2.05) is 6.92 Å². The highest BCUT2D eigenvalue weighted by atomic mass is 16.4. The van der Waals surface area contributed by atoms with Crippen molar-refractivity contribution in [3.63, 3.8) is 0 Å². The molecule has 1 heterocycles. The van der Waals surface area contributed by atoms with Gasteiger partial charge < -0.3 is 19.3 Å². The summed E-state index contributed by atoms with van der Waals surface area (Å²) in [5.41, 5.74) is 0. The number of amides is 2. The number of carbonyl (C=O) groups excluding carboxylic acids is 1. The fourth-order valence-electron chi connectivity index (χ4n) is 1.71. The molecule has 0 aliphatic rings. The predicted molar refractivity (Wildman–Crippen MR) is 69.6 cm³/mol. The van der Waals surface area contributed by atoms with E-state index in [1.54, 1.807) is 37.3 Å². The molecule has 1 aromatic rings. The van der Waals surface area contributed by atoms with Crippen LogP contribution in [0.1, 0.15) is 19.6 Å². The Morgan fingerprint density at radius 1 is 1.47 bits per heavy atom. The monoisotopic (exact) mass is 268 g/mol. The molecule has 0 saturated carbocycles. The van der Waals surface area contributed by atoms with Crippen molar-refractivity contribution in [3.8, 4) is 0 Å². The average Bonchev–Trinajstić information content (AvgIpc) is 2.87. The Morgan fingerprint density at radius 3 is 2.63 bits per heavy atom. The van der Waals surface area contributed by atoms with Crippen LogP contribution in [0, 0.1) is 5.92 Å². The maximum atomic E-state index is 12.2. The number of furan rings is 1. The Balaban J connectivity index is 2.60. The van der Waals surface area contributed by atoms with Crippen LogP contribution in [-0.4, -0.2) is 47.0 Å². The van der Waals surface area contributed by atoms with E-state index in [4.69, 9.17) is 9.52 Å². The molecule has 0 radical (unpaired) electrons. The third kappa shape index (κ3) is 4.31. The van der Waals surface area contributed by atoms with Gasteiger partial charge in [0.2, 0.25) is 0 Å². The molecule has 2 amide bonds. The highest BCUT2D eigenvalue weighted by molar-refractivity contribution is 5.75. The molecule has 0 spiro atoms. The molecular weight excluding hydrogens is 248 g/mol. The predicted octanol–water partition coefficient (Wildman–Crippen LogP) is 1.87. The molecule has 6 nitrogen and oxygen atoms in total. The summed E-state index contributed by atoms with van der Waals surface area (Å²) in [6.07, 6.45) is 1.56. The van der Waals surface area contributed by atoms with Gasteiger partial charge in [0.15, 0.2) is 0 Å². The van der Waals surface area contributed by atoms with E-state index in [-0.39, 0.29) is 12.6 Å². The van der Waals surface area contributed by atoms with Crippen molar-refractivity contribution in [3.05, 3.63) is 24.2 Å². The van der Waals surface area contributed by atoms with E-state index >= 15 is 0 Å². The van der Waals surface area contributed by atoms with Gasteiger partial charge in [0.1, 0.15) is 5.76 Å². The van der Waals surface area contributed by atoms with E-state index in [0.29, 0.717) is 18.8 Å². The molecule has 1 aromatic heterocycles. The van der Waals surface area contributed by atoms with Crippen molar-refractivity contribution in [1.29, 1.82) is 0 Å². The first kappa shape index (κ1) is 15.1. The van der Waals surface area contributed by atoms with Crippen molar-refractivity contribution in [2.45, 2.75) is 20.4 Å². The van der Waals surface area contributed by atoms with Gasteiger partial charge >= 0.3 is 12.0 Å². The topological polar surface area (TPSA) is 74.0 Å². The Morgan fingerprint density at radius 2 is 2.16 bits per heavy atom. The largest absolute Gasteiger partial charge is 0.481 e. The Bertz CT molecular complexity index is 416. The number of urea groups is 1. The van der Waals surface area contributed by atoms with Crippen LogP contribution < -0.4 is 0 Å². The smallest absolute Gasteiger partial charge is 0.320 e. The second-order valence-corrected chi connectivity index (χ2v) is 4.50. The molecule has 0 saturated heterocycles. The molecule has 106 valence electrons. The summed E-state index contributed by atoms with van der Waals surface area (Å²) in [7, 11) is 1.60. The van der Waals surface area contributed by atoms with Gasteiger partial charge in [0.05, 0.1) is 18.7 Å². The fourth-order valence-corrected chi connectivity index (χ4v) is 1.71. The molecule has 0 aliphatic heterocycles. The van der Waals surface area contributed by atoms with Gasteiger partial charge in [-0.25, -0.2) is 4.79 Å². The SMILES string of the molecule is CCN(Cc1ccco1)C(=O)N(C)CC(C)C(=O)O. The van der Waals surface area contributed by atoms with Crippen LogP contribution in [0.4, 0.5) is 4.79 Å². The van der Waals surface area contributed by atoms with Crippen molar-refractivity contribution in [2.24, 2.45) is 5.92 Å². The molecule has 1 atom stereocenters. The quantitative estimate of drug-likeness (QED) is 0.854. The van der Waals surface area contributed by atoms with Crippen LogP contribution in [0.25, 0.3) is 0 Å². The van der Waals surface area contributed by atoms with Crippen LogP contribution in [0.5, 0.6) is 0 Å². The minimum absolute atomic E-state index is 0.183. The van der Waals surface area contributed by atoms with Crippen molar-refractivity contribution < 1.29 is 19.1 Å². The number of rotatable bonds is 6. The number of carboxylic acid groups (broad SMARTS) is 1. The maximum Gasteiger partial charge on any atom is 0.320 e. The number of aliphatic carboxylic acids is 1. The normalized spacial score (nSPS) is 11.9. The summed E-state index contributed by atoms with van der Waals surface area (Å²) in [5, 5.41) is 8.85. The lowest BCUT2D eigenvalue weighted by Crippen LogP contribution is -2.43. The minimum atomic E-state index is -0.909. The molecule has 0 fully saturated rings. The van der Waals surface area contributed by atoms with Gasteiger partial charge in [0.25, 0.3) is 0 Å². The number of carboxylic acids is 1. The van der Waals surface area contributed by atoms with Gasteiger partial charge in [-0.2, -0.15) is 0 Å². The molecule has 6 heteroatoms. The second-order valence-electron chi connectivity index (χ2n) is 4.50. The van der Waals surface area contributed by atoms with E-state index in [2.05, 4.69) is 0 Å². The van der Waals surface area contributed by atoms with Crippen molar-refractivity contribution in [2.75, 3.05) is 20.1 Å². The van der Waals surface area contributed by atoms with E-state index in [9.17, 15) is 9.59 Å². The molecule has 0 aliphatic carbocycles. The zero-order valence-electron chi connectivity index (χ0n) is 11.5. The molecule has 19 heavy (non-hydrogen) atoms. The van der Waals surface area contributed by atoms with Crippen LogP contribution in [0.3, 0.4) is 0 Å². The number of hydrogen-bond acceptors (Lipinski definition) is 3. The first-order valence-electron chi connectivity index (χ1n) is 6.21. The zero-order valence-corrected chi connectivity index (χ0v) is 11.5. The average molecular weight is 268 g/mol. The van der Waals surface area contributed by atoms with E-state index < -0.39 is 11.9 Å². The number of hydrogen-bond donors (Lipinski definition) is 1. The standard InChI is InChI=1S/C13H20N2O4/c1-4-15(9-11-6-5-7-19-11)13(18)14(3)8-10(2)12(16)17/h5-7,10H,4,8-9H2,1-3H3,(H,16,17). The van der Waals surface area contributed by atoms with Gasteiger partial charge in [0, 0.05) is 20.1 Å². The van der Waals surface area contributed by atoms with Gasteiger partial charge in [-0.05, 0) is 19.1 Å². The molecule has 0 aromatic carbocycles. The second kappa shape index (κ2) is 6.82. The van der Waals surface area contributed by atoms with Crippen LogP contribution in [-0.2, 0) is 11.3 Å². The highest BCUT2D eigenvalue weighted by Crippen LogP contribution is 2.09. The van der Waals surface area contributed by atoms with E-state index in [1.165, 1.54) is 4.90 Å². The lowest BCUT2D eigenvalue weighted by Gasteiger charge is -2.27. The summed E-state index contributed by atoms with van der Waals surface area (Å²) in [6, 6.07) is 3.37. The first-order chi connectivity index (χ1) is 8.95. The molecular formula is C13H20N2O4. The summed E-state index contributed by atoms with van der Waals surface area (Å²) < 4.78 is 5.21. The van der Waals surface area contributed by atoms with Crippen LogP contribution in [0.15, 0.2) is 22.8 Å². The number of nitrogens with zero attached hydrogens (tertiary/aromatic N) is 2. The minimum Gasteiger partial charge on any atom is -0.481 e. The third-order valence-electron chi connectivity index (χ3n) is 2.87. The summed E-state index contributed by atoms with van der Waals surface area (Å²) in [4.78, 5) is 26.0. The third-order valence-corrected chi connectivity index (χ3v) is 2.87.